The number of hydrogen-bond donors (Lipinski definition) is 2. The molecular weight excluding hydrogens is 364 g/mol. The Balaban J connectivity index is 0.00000312. The summed E-state index contributed by atoms with van der Waals surface area (Å²) in [4.78, 5) is 15.8. The Labute approximate surface area is 154 Å². The Morgan fingerprint density at radius 1 is 1.28 bits per heavy atom. The second-order valence-electron chi connectivity index (χ2n) is 5.33. The predicted molar refractivity (Wildman–Crippen MR) is 99.3 cm³/mol. The fourth-order valence-electron chi connectivity index (χ4n) is 2.42. The standard InChI is InChI=1S/C17H22N2O4S.ClH/c1-4-14(15-7-6-10-18-15)19-17(20)13-11-12(24(21,22)5-2)8-9-16(13)23-3;/h6-11,14,18H,4-5H2,1-3H3,(H,19,20);1H. The van der Waals surface area contributed by atoms with Gasteiger partial charge in [0.15, 0.2) is 9.84 Å². The smallest absolute Gasteiger partial charge is 0.255 e. The largest absolute Gasteiger partial charge is 0.496 e. The highest BCUT2D eigenvalue weighted by Crippen LogP contribution is 2.24. The molecule has 1 amide bonds. The molecule has 0 fully saturated rings. The maximum absolute atomic E-state index is 12.7. The quantitative estimate of drug-likeness (QED) is 0.765. The van der Waals surface area contributed by atoms with Gasteiger partial charge in [-0.25, -0.2) is 8.42 Å². The summed E-state index contributed by atoms with van der Waals surface area (Å²) in [7, 11) is -1.95. The summed E-state index contributed by atoms with van der Waals surface area (Å²) >= 11 is 0. The lowest BCUT2D eigenvalue weighted by Gasteiger charge is -2.17. The molecule has 1 unspecified atom stereocenters. The highest BCUT2D eigenvalue weighted by molar-refractivity contribution is 7.91. The summed E-state index contributed by atoms with van der Waals surface area (Å²) < 4.78 is 29.3. The van der Waals surface area contributed by atoms with Crippen LogP contribution in [-0.2, 0) is 9.84 Å². The molecule has 2 aromatic rings. The van der Waals surface area contributed by atoms with Crippen molar-refractivity contribution in [2.24, 2.45) is 0 Å². The monoisotopic (exact) mass is 386 g/mol. The van der Waals surface area contributed by atoms with Gasteiger partial charge in [-0.1, -0.05) is 13.8 Å². The molecule has 1 aromatic carbocycles. The number of aromatic nitrogens is 1. The summed E-state index contributed by atoms with van der Waals surface area (Å²) in [5.41, 5.74) is 1.10. The van der Waals surface area contributed by atoms with E-state index in [1.54, 1.807) is 13.1 Å². The zero-order valence-electron chi connectivity index (χ0n) is 14.4. The van der Waals surface area contributed by atoms with Gasteiger partial charge >= 0.3 is 0 Å². The Bertz CT molecular complexity index is 804. The van der Waals surface area contributed by atoms with Gasteiger partial charge in [0, 0.05) is 11.9 Å². The maximum atomic E-state index is 12.7. The summed E-state index contributed by atoms with van der Waals surface area (Å²) in [6.07, 6.45) is 2.49. The maximum Gasteiger partial charge on any atom is 0.255 e. The van der Waals surface area contributed by atoms with Crippen LogP contribution in [0, 0.1) is 0 Å². The number of H-pyrrole nitrogens is 1. The molecule has 2 N–H and O–H groups in total. The van der Waals surface area contributed by atoms with Crippen molar-refractivity contribution < 1.29 is 17.9 Å². The predicted octanol–water partition coefficient (Wildman–Crippen LogP) is 3.12. The fraction of sp³-hybridized carbons (Fsp3) is 0.353. The zero-order chi connectivity index (χ0) is 17.7. The Hall–Kier alpha value is -1.99. The average molecular weight is 387 g/mol. The first-order valence-electron chi connectivity index (χ1n) is 7.77. The number of nitrogens with one attached hydrogen (secondary N) is 2. The van der Waals surface area contributed by atoms with E-state index >= 15 is 0 Å². The second kappa shape index (κ2) is 8.92. The molecule has 0 aliphatic carbocycles. The number of methoxy groups -OCH3 is 1. The van der Waals surface area contributed by atoms with E-state index in [9.17, 15) is 13.2 Å². The van der Waals surface area contributed by atoms with Gasteiger partial charge in [0.25, 0.3) is 5.91 Å². The van der Waals surface area contributed by atoms with Crippen LogP contribution in [-0.4, -0.2) is 32.2 Å². The number of benzene rings is 1. The van der Waals surface area contributed by atoms with Gasteiger partial charge in [0.2, 0.25) is 0 Å². The molecule has 8 heteroatoms. The van der Waals surface area contributed by atoms with Gasteiger partial charge in [0.1, 0.15) is 5.75 Å². The lowest BCUT2D eigenvalue weighted by Crippen LogP contribution is -2.29. The number of aromatic amines is 1. The molecule has 138 valence electrons. The number of halogens is 1. The molecule has 0 saturated carbocycles. The van der Waals surface area contributed by atoms with Crippen molar-refractivity contribution in [3.63, 3.8) is 0 Å². The van der Waals surface area contributed by atoms with Gasteiger partial charge in [0.05, 0.1) is 29.4 Å². The topological polar surface area (TPSA) is 88.3 Å². The minimum Gasteiger partial charge on any atom is -0.496 e. The van der Waals surface area contributed by atoms with E-state index < -0.39 is 9.84 Å². The summed E-state index contributed by atoms with van der Waals surface area (Å²) in [6.45, 7) is 3.53. The van der Waals surface area contributed by atoms with E-state index in [1.807, 2.05) is 19.1 Å². The lowest BCUT2D eigenvalue weighted by atomic mass is 10.1. The van der Waals surface area contributed by atoms with Gasteiger partial charge in [-0.2, -0.15) is 0 Å². The number of amides is 1. The summed E-state index contributed by atoms with van der Waals surface area (Å²) in [6, 6.07) is 7.89. The third kappa shape index (κ3) is 4.76. The van der Waals surface area contributed by atoms with Crippen LogP contribution < -0.4 is 10.1 Å². The van der Waals surface area contributed by atoms with Crippen LogP contribution in [0.3, 0.4) is 0 Å². The van der Waals surface area contributed by atoms with Crippen molar-refractivity contribution in [3.8, 4) is 5.75 Å². The van der Waals surface area contributed by atoms with E-state index in [4.69, 9.17) is 4.74 Å². The van der Waals surface area contributed by atoms with E-state index in [-0.39, 0.29) is 40.6 Å². The Morgan fingerprint density at radius 2 is 2.00 bits per heavy atom. The third-order valence-corrected chi connectivity index (χ3v) is 5.60. The van der Waals surface area contributed by atoms with Crippen molar-refractivity contribution in [2.75, 3.05) is 12.9 Å². The Kier molecular flexibility index (Phi) is 7.51. The van der Waals surface area contributed by atoms with Gasteiger partial charge in [-0.05, 0) is 36.8 Å². The van der Waals surface area contributed by atoms with Crippen LogP contribution >= 0.6 is 12.4 Å². The number of carbonyl (C=O) groups excluding carboxylic acids is 1. The number of sulfone groups is 1. The number of hydrogen-bond acceptors (Lipinski definition) is 4. The minimum absolute atomic E-state index is 0. The molecule has 1 heterocycles. The second-order valence-corrected chi connectivity index (χ2v) is 7.60. The highest BCUT2D eigenvalue weighted by atomic mass is 35.5. The van der Waals surface area contributed by atoms with Crippen LogP contribution in [0.4, 0.5) is 0 Å². The first kappa shape index (κ1) is 21.1. The van der Waals surface area contributed by atoms with E-state index in [2.05, 4.69) is 10.3 Å². The van der Waals surface area contributed by atoms with E-state index in [0.717, 1.165) is 5.69 Å². The fourth-order valence-corrected chi connectivity index (χ4v) is 3.33. The first-order chi connectivity index (χ1) is 11.4. The van der Waals surface area contributed by atoms with Crippen molar-refractivity contribution >= 4 is 28.2 Å². The van der Waals surface area contributed by atoms with Crippen molar-refractivity contribution in [3.05, 3.63) is 47.8 Å². The average Bonchev–Trinajstić information content (AvgIpc) is 3.13. The number of ether oxygens (including phenoxy) is 1. The Morgan fingerprint density at radius 3 is 2.52 bits per heavy atom. The highest BCUT2D eigenvalue weighted by Gasteiger charge is 2.21. The molecule has 0 saturated heterocycles. The molecule has 1 atom stereocenters. The van der Waals surface area contributed by atoms with Crippen LogP contribution in [0.25, 0.3) is 0 Å². The van der Waals surface area contributed by atoms with Crippen LogP contribution in [0.1, 0.15) is 42.4 Å². The molecule has 0 aliphatic heterocycles. The minimum atomic E-state index is -3.40. The molecule has 0 aliphatic rings. The molecule has 6 nitrogen and oxygen atoms in total. The first-order valence-corrected chi connectivity index (χ1v) is 9.43. The van der Waals surface area contributed by atoms with Crippen molar-refractivity contribution in [1.82, 2.24) is 10.3 Å². The van der Waals surface area contributed by atoms with Crippen LogP contribution in [0.2, 0.25) is 0 Å². The molecule has 0 bridgehead atoms. The molecule has 0 spiro atoms. The lowest BCUT2D eigenvalue weighted by molar-refractivity contribution is 0.0931. The normalized spacial score (nSPS) is 12.1. The van der Waals surface area contributed by atoms with Gasteiger partial charge in [-0.15, -0.1) is 12.4 Å². The molecular formula is C17H23ClN2O4S. The zero-order valence-corrected chi connectivity index (χ0v) is 16.0. The number of rotatable bonds is 7. The number of carbonyl (C=O) groups is 1. The summed E-state index contributed by atoms with van der Waals surface area (Å²) in [5, 5.41) is 2.91. The SMILES string of the molecule is CCC(NC(=O)c1cc(S(=O)(=O)CC)ccc1OC)c1ccc[nH]1.Cl. The molecule has 2 rings (SSSR count). The van der Waals surface area contributed by atoms with Crippen molar-refractivity contribution in [1.29, 1.82) is 0 Å². The van der Waals surface area contributed by atoms with Gasteiger partial charge in [-0.3, -0.25) is 4.79 Å². The van der Waals surface area contributed by atoms with E-state index in [1.165, 1.54) is 25.3 Å². The molecule has 1 aromatic heterocycles. The molecule has 0 radical (unpaired) electrons. The van der Waals surface area contributed by atoms with Crippen LogP contribution in [0.5, 0.6) is 5.75 Å². The van der Waals surface area contributed by atoms with Gasteiger partial charge < -0.3 is 15.0 Å². The van der Waals surface area contributed by atoms with Crippen molar-refractivity contribution in [2.45, 2.75) is 31.2 Å². The summed E-state index contributed by atoms with van der Waals surface area (Å²) in [5.74, 6) is -0.0641. The third-order valence-electron chi connectivity index (χ3n) is 3.87. The molecule has 25 heavy (non-hydrogen) atoms. The van der Waals surface area contributed by atoms with E-state index in [0.29, 0.717) is 12.2 Å². The van der Waals surface area contributed by atoms with Crippen LogP contribution in [0.15, 0.2) is 41.4 Å².